The van der Waals surface area contributed by atoms with Crippen molar-refractivity contribution in [1.29, 1.82) is 0 Å². The molecule has 1 aromatic heterocycles. The van der Waals surface area contributed by atoms with Crippen molar-refractivity contribution in [1.82, 2.24) is 4.98 Å². The summed E-state index contributed by atoms with van der Waals surface area (Å²) in [4.78, 5) is 6.17. The van der Waals surface area contributed by atoms with Crippen LogP contribution in [0.15, 0.2) is 46.9 Å². The van der Waals surface area contributed by atoms with E-state index in [1.807, 2.05) is 30.3 Å². The number of nitrogens with zero attached hydrogens (tertiary/aromatic N) is 1. The van der Waals surface area contributed by atoms with Crippen LogP contribution in [0.3, 0.4) is 0 Å². The summed E-state index contributed by atoms with van der Waals surface area (Å²) < 4.78 is 6.40. The van der Waals surface area contributed by atoms with Gasteiger partial charge in [0.15, 0.2) is 5.13 Å². The maximum Gasteiger partial charge on any atom is 0.187 e. The van der Waals surface area contributed by atoms with Gasteiger partial charge in [0, 0.05) is 20.6 Å². The molecule has 0 saturated heterocycles. The van der Waals surface area contributed by atoms with E-state index in [4.69, 9.17) is 9.72 Å². The molecule has 0 amide bonds. The number of ether oxygens (including phenoxy) is 1. The highest BCUT2D eigenvalue weighted by atomic mass is 79.9. The maximum atomic E-state index is 5.33. The number of fused-ring (bicyclic) bond motifs is 3. The Labute approximate surface area is 147 Å². The van der Waals surface area contributed by atoms with E-state index in [1.54, 1.807) is 18.4 Å². The molecule has 0 aliphatic heterocycles. The molecule has 116 valence electrons. The number of hydrogen-bond donors (Lipinski definition) is 1. The minimum absolute atomic E-state index is 0.913. The number of aromatic nitrogens is 1. The number of nitrogens with one attached hydrogen (secondary N) is 1. The number of rotatable bonds is 3. The molecule has 2 aromatic carbocycles. The van der Waals surface area contributed by atoms with Gasteiger partial charge in [0.1, 0.15) is 5.75 Å². The second-order valence-corrected chi connectivity index (χ2v) is 7.45. The predicted molar refractivity (Wildman–Crippen MR) is 98.9 cm³/mol. The zero-order chi connectivity index (χ0) is 15.8. The van der Waals surface area contributed by atoms with Crippen molar-refractivity contribution in [2.24, 2.45) is 0 Å². The minimum Gasteiger partial charge on any atom is -0.497 e. The topological polar surface area (TPSA) is 34.1 Å². The van der Waals surface area contributed by atoms with Gasteiger partial charge in [-0.05, 0) is 60.9 Å². The van der Waals surface area contributed by atoms with Crippen molar-refractivity contribution in [2.75, 3.05) is 12.4 Å². The molecule has 1 aliphatic rings. The zero-order valence-corrected chi connectivity index (χ0v) is 15.0. The number of benzene rings is 2. The molecule has 0 spiro atoms. The smallest absolute Gasteiger partial charge is 0.187 e. The van der Waals surface area contributed by atoms with Gasteiger partial charge in [0.05, 0.1) is 12.8 Å². The van der Waals surface area contributed by atoms with Crippen LogP contribution < -0.4 is 10.1 Å². The van der Waals surface area contributed by atoms with E-state index in [2.05, 4.69) is 33.4 Å². The van der Waals surface area contributed by atoms with Crippen LogP contribution in [0.2, 0.25) is 0 Å². The van der Waals surface area contributed by atoms with Gasteiger partial charge in [0.25, 0.3) is 0 Å². The van der Waals surface area contributed by atoms with Crippen molar-refractivity contribution in [2.45, 2.75) is 12.8 Å². The average Bonchev–Trinajstić information content (AvgIpc) is 2.99. The molecular weight excluding hydrogens is 372 g/mol. The third-order valence-electron chi connectivity index (χ3n) is 3.98. The predicted octanol–water partition coefficient (Wildman–Crippen LogP) is 5.42. The summed E-state index contributed by atoms with van der Waals surface area (Å²) in [5.74, 6) is 0.913. The average molecular weight is 387 g/mol. The summed E-state index contributed by atoms with van der Waals surface area (Å²) >= 11 is 5.20. The van der Waals surface area contributed by atoms with Crippen LogP contribution in [0.5, 0.6) is 5.75 Å². The van der Waals surface area contributed by atoms with Gasteiger partial charge in [-0.2, -0.15) is 0 Å². The third kappa shape index (κ3) is 2.86. The summed E-state index contributed by atoms with van der Waals surface area (Å²) in [6.45, 7) is 0. The molecular formula is C18H15BrN2OS. The second-order valence-electron chi connectivity index (χ2n) is 5.45. The van der Waals surface area contributed by atoms with Gasteiger partial charge in [-0.1, -0.05) is 15.9 Å². The highest BCUT2D eigenvalue weighted by molar-refractivity contribution is 9.10. The third-order valence-corrected chi connectivity index (χ3v) is 5.54. The SMILES string of the molecule is COc1ccc2c(c1)CCc1sc(Nc3ccc(Br)cc3)nc1-2. The van der Waals surface area contributed by atoms with Crippen LogP contribution in [-0.2, 0) is 12.8 Å². The molecule has 3 nitrogen and oxygen atoms in total. The molecule has 3 aromatic rings. The molecule has 1 N–H and O–H groups in total. The molecule has 1 aliphatic carbocycles. The van der Waals surface area contributed by atoms with E-state index in [0.717, 1.165) is 39.6 Å². The Morgan fingerprint density at radius 2 is 1.96 bits per heavy atom. The number of hydrogen-bond acceptors (Lipinski definition) is 4. The molecule has 0 atom stereocenters. The van der Waals surface area contributed by atoms with Crippen LogP contribution in [0.25, 0.3) is 11.3 Å². The summed E-state index contributed by atoms with van der Waals surface area (Å²) in [5.41, 5.74) is 4.71. The normalized spacial score (nSPS) is 12.4. The standard InChI is InChI=1S/C18H15BrN2OS/c1-22-14-7-8-15-11(10-14)2-9-16-17(15)21-18(23-16)20-13-5-3-12(19)4-6-13/h3-8,10H,2,9H2,1H3,(H,20,21). The van der Waals surface area contributed by atoms with Crippen molar-refractivity contribution < 1.29 is 4.74 Å². The molecule has 4 rings (SSSR count). The Morgan fingerprint density at radius 1 is 1.13 bits per heavy atom. The van der Waals surface area contributed by atoms with Crippen molar-refractivity contribution in [3.63, 3.8) is 0 Å². The van der Waals surface area contributed by atoms with Crippen LogP contribution in [0.1, 0.15) is 10.4 Å². The lowest BCUT2D eigenvalue weighted by atomic mass is 9.93. The van der Waals surface area contributed by atoms with Crippen molar-refractivity contribution in [3.05, 3.63) is 57.4 Å². The number of halogens is 1. The first-order valence-electron chi connectivity index (χ1n) is 7.42. The first kappa shape index (κ1) is 14.7. The van der Waals surface area contributed by atoms with E-state index in [1.165, 1.54) is 16.0 Å². The molecule has 0 radical (unpaired) electrons. The number of anilines is 2. The fraction of sp³-hybridized carbons (Fsp3) is 0.167. The fourth-order valence-corrected chi connectivity index (χ4v) is 4.08. The molecule has 5 heteroatoms. The molecule has 1 heterocycles. The molecule has 0 saturated carbocycles. The van der Waals surface area contributed by atoms with Gasteiger partial charge in [-0.3, -0.25) is 0 Å². The highest BCUT2D eigenvalue weighted by Crippen LogP contribution is 2.40. The van der Waals surface area contributed by atoms with Gasteiger partial charge >= 0.3 is 0 Å². The Balaban J connectivity index is 1.67. The van der Waals surface area contributed by atoms with Gasteiger partial charge in [-0.25, -0.2) is 4.98 Å². The van der Waals surface area contributed by atoms with Gasteiger partial charge in [0.2, 0.25) is 0 Å². The van der Waals surface area contributed by atoms with E-state index >= 15 is 0 Å². The molecule has 0 fully saturated rings. The lowest BCUT2D eigenvalue weighted by Crippen LogP contribution is -2.02. The molecule has 23 heavy (non-hydrogen) atoms. The van der Waals surface area contributed by atoms with Gasteiger partial charge < -0.3 is 10.1 Å². The molecule has 0 unspecified atom stereocenters. The van der Waals surface area contributed by atoms with Gasteiger partial charge in [-0.15, -0.1) is 11.3 Å². The Hall–Kier alpha value is -1.85. The van der Waals surface area contributed by atoms with E-state index in [9.17, 15) is 0 Å². The Morgan fingerprint density at radius 3 is 2.74 bits per heavy atom. The lowest BCUT2D eigenvalue weighted by molar-refractivity contribution is 0.414. The van der Waals surface area contributed by atoms with Crippen molar-refractivity contribution in [3.8, 4) is 17.0 Å². The number of thiazole rings is 1. The van der Waals surface area contributed by atoms with Crippen LogP contribution in [-0.4, -0.2) is 12.1 Å². The van der Waals surface area contributed by atoms with E-state index in [-0.39, 0.29) is 0 Å². The van der Waals surface area contributed by atoms with E-state index in [0.29, 0.717) is 0 Å². The fourth-order valence-electron chi connectivity index (χ4n) is 2.82. The first-order valence-corrected chi connectivity index (χ1v) is 9.03. The summed E-state index contributed by atoms with van der Waals surface area (Å²) in [5, 5.41) is 4.35. The van der Waals surface area contributed by atoms with Crippen LogP contribution in [0, 0.1) is 0 Å². The Bertz CT molecular complexity index is 858. The monoisotopic (exact) mass is 386 g/mol. The van der Waals surface area contributed by atoms with Crippen LogP contribution >= 0.6 is 27.3 Å². The van der Waals surface area contributed by atoms with Crippen LogP contribution in [0.4, 0.5) is 10.8 Å². The summed E-state index contributed by atoms with van der Waals surface area (Å²) in [6.07, 6.45) is 2.08. The maximum absolute atomic E-state index is 5.33. The zero-order valence-electron chi connectivity index (χ0n) is 12.6. The number of aryl methyl sites for hydroxylation is 2. The first-order chi connectivity index (χ1) is 11.2. The van der Waals surface area contributed by atoms with E-state index < -0.39 is 0 Å². The highest BCUT2D eigenvalue weighted by Gasteiger charge is 2.21. The van der Waals surface area contributed by atoms with Crippen molar-refractivity contribution >= 4 is 38.1 Å². The lowest BCUT2D eigenvalue weighted by Gasteiger charge is -2.15. The quantitative estimate of drug-likeness (QED) is 0.651. The summed E-state index contributed by atoms with van der Waals surface area (Å²) in [7, 11) is 1.71. The minimum atomic E-state index is 0.913. The summed E-state index contributed by atoms with van der Waals surface area (Å²) in [6, 6.07) is 14.4. The second kappa shape index (κ2) is 5.98. The largest absolute Gasteiger partial charge is 0.497 e. The Kier molecular flexibility index (Phi) is 3.83. The number of methoxy groups -OCH3 is 1. The molecule has 0 bridgehead atoms.